The molecule has 6 atom stereocenters. The Morgan fingerprint density at radius 3 is 1.72 bits per heavy atom. The van der Waals surface area contributed by atoms with Crippen LogP contribution in [0.25, 0.3) is 0 Å². The molecule has 294 valence electrons. The molecule has 3 amide bonds. The summed E-state index contributed by atoms with van der Waals surface area (Å²) in [5.41, 5.74) is 1.05. The molecule has 0 saturated carbocycles. The zero-order valence-electron chi connectivity index (χ0n) is 30.9. The molecule has 0 aromatic heterocycles. The number of hydrogen-bond donors (Lipinski definition) is 4. The van der Waals surface area contributed by atoms with Crippen LogP contribution in [0, 0.1) is 5.92 Å². The molecule has 4 N–H and O–H groups in total. The first-order chi connectivity index (χ1) is 25.5. The maximum absolute atomic E-state index is 13.9. The largest absolute Gasteiger partial charge is 0.481 e. The first kappa shape index (κ1) is 44.2. The molecule has 0 bridgehead atoms. The van der Waals surface area contributed by atoms with E-state index in [2.05, 4.69) is 16.0 Å². The number of rotatable bonds is 20. The average Bonchev–Trinajstić information content (AvgIpc) is 3.09. The van der Waals surface area contributed by atoms with Crippen molar-refractivity contribution in [3.05, 3.63) is 71.8 Å². The fourth-order valence-electron chi connectivity index (χ4n) is 5.20. The Morgan fingerprint density at radius 1 is 0.648 bits per heavy atom. The Hall–Kier alpha value is -6.00. The van der Waals surface area contributed by atoms with Crippen molar-refractivity contribution in [1.82, 2.24) is 16.0 Å². The summed E-state index contributed by atoms with van der Waals surface area (Å²) < 4.78 is 26.7. The van der Waals surface area contributed by atoms with Gasteiger partial charge in [-0.05, 0) is 23.5 Å². The molecule has 0 saturated heterocycles. The number of carboxylic acids is 1. The molecule has 54 heavy (non-hydrogen) atoms. The second-order valence-electron chi connectivity index (χ2n) is 12.6. The van der Waals surface area contributed by atoms with Gasteiger partial charge in [0.15, 0.2) is 12.2 Å². The van der Waals surface area contributed by atoms with Crippen molar-refractivity contribution in [3.63, 3.8) is 0 Å². The van der Waals surface area contributed by atoms with E-state index < -0.39 is 97.2 Å². The van der Waals surface area contributed by atoms with Gasteiger partial charge in [-0.2, -0.15) is 0 Å². The Bertz CT molecular complexity index is 1600. The normalized spacial score (nSPS) is 14.1. The van der Waals surface area contributed by atoms with E-state index in [-0.39, 0.29) is 18.9 Å². The monoisotopic (exact) mass is 757 g/mol. The number of carbonyl (C=O) groups excluding carboxylic acids is 7. The third kappa shape index (κ3) is 16.1. The minimum absolute atomic E-state index is 0.0705. The van der Waals surface area contributed by atoms with Crippen molar-refractivity contribution >= 4 is 47.8 Å². The van der Waals surface area contributed by atoms with Crippen molar-refractivity contribution in [2.75, 3.05) is 6.61 Å². The van der Waals surface area contributed by atoms with Crippen LogP contribution >= 0.6 is 0 Å². The van der Waals surface area contributed by atoms with Gasteiger partial charge in [-0.25, -0.2) is 4.79 Å². The number of hydrogen-bond acceptors (Lipinski definition) is 13. The van der Waals surface area contributed by atoms with E-state index in [9.17, 15) is 43.5 Å². The highest BCUT2D eigenvalue weighted by Crippen LogP contribution is 2.22. The smallest absolute Gasteiger partial charge is 0.408 e. The lowest BCUT2D eigenvalue weighted by Crippen LogP contribution is -2.62. The van der Waals surface area contributed by atoms with Gasteiger partial charge in [0.25, 0.3) is 5.91 Å². The molecule has 0 spiro atoms. The van der Waals surface area contributed by atoms with Crippen LogP contribution in [-0.2, 0) is 63.9 Å². The van der Waals surface area contributed by atoms with E-state index in [1.165, 1.54) is 0 Å². The van der Waals surface area contributed by atoms with Gasteiger partial charge in [0, 0.05) is 27.7 Å². The molecule has 0 radical (unpaired) electrons. The van der Waals surface area contributed by atoms with Crippen LogP contribution in [0.15, 0.2) is 60.7 Å². The molecule has 0 aliphatic carbocycles. The number of benzene rings is 2. The lowest BCUT2D eigenvalue weighted by molar-refractivity contribution is -0.190. The van der Waals surface area contributed by atoms with E-state index in [0.29, 0.717) is 11.1 Å². The van der Waals surface area contributed by atoms with E-state index in [4.69, 9.17) is 23.7 Å². The van der Waals surface area contributed by atoms with Crippen molar-refractivity contribution in [2.45, 2.75) is 97.4 Å². The molecule has 2 rings (SSSR count). The van der Waals surface area contributed by atoms with E-state index in [0.717, 1.165) is 27.7 Å². The Labute approximate surface area is 312 Å². The minimum Gasteiger partial charge on any atom is -0.481 e. The number of ether oxygens (including phenoxy) is 5. The van der Waals surface area contributed by atoms with Crippen LogP contribution in [0.3, 0.4) is 0 Å². The van der Waals surface area contributed by atoms with Crippen LogP contribution in [0.4, 0.5) is 4.79 Å². The third-order valence-corrected chi connectivity index (χ3v) is 7.39. The van der Waals surface area contributed by atoms with Crippen LogP contribution < -0.4 is 16.0 Å². The molecule has 2 aromatic rings. The van der Waals surface area contributed by atoms with Gasteiger partial charge in [-0.1, -0.05) is 74.5 Å². The number of amides is 3. The fraction of sp³-hybridized carbons (Fsp3) is 0.459. The van der Waals surface area contributed by atoms with Crippen LogP contribution in [0.2, 0.25) is 0 Å². The number of carboxylic acid groups (broad SMARTS) is 1. The van der Waals surface area contributed by atoms with Gasteiger partial charge in [-0.3, -0.25) is 33.6 Å². The van der Waals surface area contributed by atoms with E-state index in [1.54, 1.807) is 74.5 Å². The van der Waals surface area contributed by atoms with Gasteiger partial charge in [0.05, 0.1) is 12.5 Å². The topological polar surface area (TPSA) is 239 Å². The second kappa shape index (κ2) is 22.2. The molecule has 17 heteroatoms. The first-order valence-electron chi connectivity index (χ1n) is 17.0. The SMILES string of the molecule is CC(=O)OC[C@H](NC(=O)[C@H](CC(C)C)NC(=O)OCc1ccccc1)[C@@H](OC(C)=O)[C@@H](OC(C)=O)[C@H](OC(C)=O)C(=O)N[C@@H](CC(=O)O)c1ccccc1. The summed E-state index contributed by atoms with van der Waals surface area (Å²) in [6.07, 6.45) is -7.52. The zero-order chi connectivity index (χ0) is 40.4. The van der Waals surface area contributed by atoms with Gasteiger partial charge in [0.2, 0.25) is 12.0 Å². The van der Waals surface area contributed by atoms with Crippen LogP contribution in [0.5, 0.6) is 0 Å². The predicted molar refractivity (Wildman–Crippen MR) is 188 cm³/mol. The van der Waals surface area contributed by atoms with E-state index in [1.807, 2.05) is 0 Å². The van der Waals surface area contributed by atoms with Gasteiger partial charge in [-0.15, -0.1) is 0 Å². The Kier molecular flexibility index (Phi) is 18.1. The van der Waals surface area contributed by atoms with Crippen molar-refractivity contribution in [1.29, 1.82) is 0 Å². The van der Waals surface area contributed by atoms with Gasteiger partial charge < -0.3 is 44.7 Å². The molecule has 0 aliphatic heterocycles. The second-order valence-corrected chi connectivity index (χ2v) is 12.6. The van der Waals surface area contributed by atoms with Crippen molar-refractivity contribution in [3.8, 4) is 0 Å². The predicted octanol–water partition coefficient (Wildman–Crippen LogP) is 2.50. The summed E-state index contributed by atoms with van der Waals surface area (Å²) in [5, 5.41) is 17.1. The highest BCUT2D eigenvalue weighted by Gasteiger charge is 2.47. The minimum atomic E-state index is -2.12. The van der Waals surface area contributed by atoms with Crippen LogP contribution in [-0.4, -0.2) is 89.9 Å². The van der Waals surface area contributed by atoms with Crippen molar-refractivity contribution in [2.24, 2.45) is 5.92 Å². The quantitative estimate of drug-likeness (QED) is 0.112. The first-order valence-corrected chi connectivity index (χ1v) is 17.0. The average molecular weight is 758 g/mol. The van der Waals surface area contributed by atoms with Crippen molar-refractivity contribution < 1.29 is 67.1 Å². The lowest BCUT2D eigenvalue weighted by Gasteiger charge is -2.36. The summed E-state index contributed by atoms with van der Waals surface area (Å²) in [6.45, 7) is 6.63. The molecule has 0 fully saturated rings. The number of alkyl carbamates (subject to hydrolysis) is 1. The molecule has 2 aromatic carbocycles. The molecule has 0 heterocycles. The Balaban J connectivity index is 2.57. The lowest BCUT2D eigenvalue weighted by atomic mass is 9.97. The highest BCUT2D eigenvalue weighted by atomic mass is 16.6. The number of carbonyl (C=O) groups is 8. The van der Waals surface area contributed by atoms with E-state index >= 15 is 0 Å². The zero-order valence-corrected chi connectivity index (χ0v) is 30.9. The van der Waals surface area contributed by atoms with Crippen LogP contribution in [0.1, 0.15) is 71.6 Å². The molecule has 0 aliphatic rings. The summed E-state index contributed by atoms with van der Waals surface area (Å²) >= 11 is 0. The summed E-state index contributed by atoms with van der Waals surface area (Å²) in [7, 11) is 0. The number of esters is 4. The molecule has 17 nitrogen and oxygen atoms in total. The maximum atomic E-state index is 13.9. The molecular weight excluding hydrogens is 710 g/mol. The van der Waals surface area contributed by atoms with Gasteiger partial charge >= 0.3 is 35.9 Å². The summed E-state index contributed by atoms with van der Waals surface area (Å²) in [4.78, 5) is 102. The molecule has 0 unspecified atom stereocenters. The highest BCUT2D eigenvalue weighted by molar-refractivity contribution is 5.87. The van der Waals surface area contributed by atoms with Gasteiger partial charge in [0.1, 0.15) is 25.3 Å². The molecular formula is C37H47N3O14. The summed E-state index contributed by atoms with van der Waals surface area (Å²) in [5.74, 6) is -7.47. The third-order valence-electron chi connectivity index (χ3n) is 7.39. The summed E-state index contributed by atoms with van der Waals surface area (Å²) in [6, 6.07) is 12.7. The number of nitrogens with one attached hydrogen (secondary N) is 3. The fourth-order valence-corrected chi connectivity index (χ4v) is 5.20. The number of aliphatic carboxylic acids is 1. The Morgan fingerprint density at radius 2 is 1.20 bits per heavy atom. The standard InChI is InChI=1S/C37H47N3O14/c1-21(2)17-29(40-37(49)51-19-26-13-9-7-10-14-26)35(47)39-30(20-50-22(3)41)32(52-23(4)42)33(53-24(5)43)34(54-25(6)44)36(48)38-28(18-31(45)46)27-15-11-8-12-16-27/h7-16,21,28-30,32-34H,17-20H2,1-6H3,(H,38,48)(H,39,47)(H,40,49)(H,45,46)/t28-,29-,30-,32+,33+,34-/m0/s1. The maximum Gasteiger partial charge on any atom is 0.408 e.